The number of benzene rings is 3. The molecule has 0 bridgehead atoms. The van der Waals surface area contributed by atoms with Gasteiger partial charge in [0, 0.05) is 23.9 Å². The molecule has 0 radical (unpaired) electrons. The summed E-state index contributed by atoms with van der Waals surface area (Å²) in [4.78, 5) is 26.4. The SMILES string of the molecule is O=C(NCC1CC1)c1cccc(Nc2c(Oc3ccc4c(c3)OCO4)cnn(-c3ccc(Cl)c(Cl)c3)c2=O)c1. The summed E-state index contributed by atoms with van der Waals surface area (Å²) in [5.74, 6) is 2.10. The van der Waals surface area contributed by atoms with Crippen molar-refractivity contribution in [3.63, 3.8) is 0 Å². The molecule has 11 heteroatoms. The Morgan fingerprint density at radius 1 is 1.03 bits per heavy atom. The molecule has 1 aromatic heterocycles. The minimum absolute atomic E-state index is 0.101. The van der Waals surface area contributed by atoms with Crippen molar-refractivity contribution in [2.75, 3.05) is 18.7 Å². The molecule has 0 spiro atoms. The second kappa shape index (κ2) is 10.5. The Bertz CT molecular complexity index is 1640. The van der Waals surface area contributed by atoms with Crippen LogP contribution in [0.1, 0.15) is 23.2 Å². The summed E-state index contributed by atoms with van der Waals surface area (Å²) in [7, 11) is 0. The maximum absolute atomic E-state index is 13.7. The van der Waals surface area contributed by atoms with E-state index < -0.39 is 5.56 Å². The molecule has 1 aliphatic carbocycles. The molecule has 1 fully saturated rings. The number of nitrogens with zero attached hydrogens (tertiary/aromatic N) is 2. The van der Waals surface area contributed by atoms with Crippen LogP contribution in [-0.2, 0) is 0 Å². The lowest BCUT2D eigenvalue weighted by Crippen LogP contribution is -2.26. The van der Waals surface area contributed by atoms with Crippen molar-refractivity contribution < 1.29 is 19.0 Å². The largest absolute Gasteiger partial charge is 0.454 e. The van der Waals surface area contributed by atoms with Gasteiger partial charge in [0.1, 0.15) is 5.75 Å². The number of aromatic nitrogens is 2. The summed E-state index contributed by atoms with van der Waals surface area (Å²) in [6.45, 7) is 0.778. The second-order valence-corrected chi connectivity index (χ2v) is 9.99. The molecule has 4 aromatic rings. The number of nitrogens with one attached hydrogen (secondary N) is 2. The summed E-state index contributed by atoms with van der Waals surface area (Å²) in [6, 6.07) is 16.7. The van der Waals surface area contributed by atoms with Crippen LogP contribution >= 0.6 is 23.2 Å². The Kier molecular flexibility index (Phi) is 6.76. The molecule has 1 saturated carbocycles. The van der Waals surface area contributed by atoms with E-state index in [0.717, 1.165) is 12.8 Å². The molecular weight excluding hydrogens is 543 g/mol. The quantitative estimate of drug-likeness (QED) is 0.272. The van der Waals surface area contributed by atoms with Gasteiger partial charge >= 0.3 is 0 Å². The Labute approximate surface area is 233 Å². The van der Waals surface area contributed by atoms with Gasteiger partial charge in [-0.2, -0.15) is 9.78 Å². The van der Waals surface area contributed by atoms with Crippen molar-refractivity contribution in [1.82, 2.24) is 15.1 Å². The number of rotatable bonds is 8. The zero-order valence-corrected chi connectivity index (χ0v) is 22.0. The molecule has 1 amide bonds. The second-order valence-electron chi connectivity index (χ2n) is 9.18. The van der Waals surface area contributed by atoms with E-state index in [1.54, 1.807) is 60.7 Å². The van der Waals surface area contributed by atoms with Gasteiger partial charge in [0.15, 0.2) is 22.9 Å². The van der Waals surface area contributed by atoms with Crippen LogP contribution in [0, 0.1) is 5.92 Å². The third-order valence-corrected chi connectivity index (χ3v) is 7.04. The van der Waals surface area contributed by atoms with E-state index in [1.807, 2.05) is 0 Å². The van der Waals surface area contributed by atoms with Crippen LogP contribution in [0.5, 0.6) is 23.0 Å². The fourth-order valence-electron chi connectivity index (χ4n) is 4.04. The van der Waals surface area contributed by atoms with Gasteiger partial charge < -0.3 is 24.8 Å². The first kappa shape index (κ1) is 25.1. The lowest BCUT2D eigenvalue weighted by atomic mass is 10.2. The molecule has 6 rings (SSSR count). The number of hydrogen-bond donors (Lipinski definition) is 2. The average molecular weight is 565 g/mol. The van der Waals surface area contributed by atoms with Crippen LogP contribution in [0.15, 0.2) is 71.7 Å². The van der Waals surface area contributed by atoms with Gasteiger partial charge in [-0.3, -0.25) is 9.59 Å². The highest BCUT2D eigenvalue weighted by atomic mass is 35.5. The van der Waals surface area contributed by atoms with Gasteiger partial charge in [-0.05, 0) is 67.3 Å². The van der Waals surface area contributed by atoms with Crippen molar-refractivity contribution in [2.24, 2.45) is 5.92 Å². The van der Waals surface area contributed by atoms with Gasteiger partial charge in [-0.15, -0.1) is 0 Å². The molecule has 198 valence electrons. The highest BCUT2D eigenvalue weighted by molar-refractivity contribution is 6.42. The van der Waals surface area contributed by atoms with Crippen LogP contribution in [0.3, 0.4) is 0 Å². The maximum Gasteiger partial charge on any atom is 0.299 e. The first-order valence-corrected chi connectivity index (χ1v) is 13.0. The van der Waals surface area contributed by atoms with Crippen molar-refractivity contribution in [2.45, 2.75) is 12.8 Å². The van der Waals surface area contributed by atoms with E-state index in [1.165, 1.54) is 10.9 Å². The summed E-state index contributed by atoms with van der Waals surface area (Å²) < 4.78 is 18.1. The predicted molar refractivity (Wildman–Crippen MR) is 147 cm³/mol. The minimum Gasteiger partial charge on any atom is -0.454 e. The monoisotopic (exact) mass is 564 g/mol. The van der Waals surface area contributed by atoms with Crippen molar-refractivity contribution >= 4 is 40.5 Å². The van der Waals surface area contributed by atoms with E-state index in [2.05, 4.69) is 15.7 Å². The van der Waals surface area contributed by atoms with Crippen molar-refractivity contribution in [1.29, 1.82) is 0 Å². The molecule has 1 aliphatic heterocycles. The first-order valence-electron chi connectivity index (χ1n) is 12.2. The van der Waals surface area contributed by atoms with Gasteiger partial charge in [0.05, 0.1) is 21.9 Å². The Morgan fingerprint density at radius 3 is 2.69 bits per heavy atom. The third-order valence-electron chi connectivity index (χ3n) is 6.31. The fourth-order valence-corrected chi connectivity index (χ4v) is 4.33. The molecule has 2 heterocycles. The van der Waals surface area contributed by atoms with E-state index in [-0.39, 0.29) is 29.2 Å². The van der Waals surface area contributed by atoms with Crippen molar-refractivity contribution in [3.8, 4) is 28.7 Å². The summed E-state index contributed by atoms with van der Waals surface area (Å²) >= 11 is 12.3. The highest BCUT2D eigenvalue weighted by Gasteiger charge is 2.22. The van der Waals surface area contributed by atoms with Crippen LogP contribution < -0.4 is 30.4 Å². The maximum atomic E-state index is 13.7. The van der Waals surface area contributed by atoms with Gasteiger partial charge in [-0.25, -0.2) is 0 Å². The van der Waals surface area contributed by atoms with Gasteiger partial charge in [0.25, 0.3) is 11.5 Å². The lowest BCUT2D eigenvalue weighted by Gasteiger charge is -2.15. The van der Waals surface area contributed by atoms with Crippen LogP contribution in [0.25, 0.3) is 5.69 Å². The van der Waals surface area contributed by atoms with E-state index in [4.69, 9.17) is 37.4 Å². The smallest absolute Gasteiger partial charge is 0.299 e. The molecule has 0 atom stereocenters. The Morgan fingerprint density at radius 2 is 1.87 bits per heavy atom. The van der Waals surface area contributed by atoms with Gasteiger partial charge in [0.2, 0.25) is 6.79 Å². The van der Waals surface area contributed by atoms with E-state index in [0.29, 0.717) is 51.7 Å². The summed E-state index contributed by atoms with van der Waals surface area (Å²) in [6.07, 6.45) is 3.70. The van der Waals surface area contributed by atoms with E-state index in [9.17, 15) is 9.59 Å². The number of amides is 1. The first-order chi connectivity index (χ1) is 18.9. The van der Waals surface area contributed by atoms with Crippen LogP contribution in [-0.4, -0.2) is 29.0 Å². The van der Waals surface area contributed by atoms with E-state index >= 15 is 0 Å². The Balaban J connectivity index is 1.36. The number of anilines is 2. The lowest BCUT2D eigenvalue weighted by molar-refractivity contribution is 0.0952. The number of halogens is 2. The Hall–Kier alpha value is -4.21. The zero-order chi connectivity index (χ0) is 26.9. The standard InChI is InChI=1S/C28H22Cl2N4O5/c29-21-8-6-19(11-22(21)30)34-28(36)26(25(14-32-34)39-20-7-9-23-24(12-20)38-15-37-23)33-18-3-1-2-17(10-18)27(35)31-13-16-4-5-16/h1-3,6-12,14,16,33H,4-5,13,15H2,(H,31,35). The topological polar surface area (TPSA) is 104 Å². The molecule has 0 unspecified atom stereocenters. The molecule has 2 aliphatic rings. The summed E-state index contributed by atoms with van der Waals surface area (Å²) in [5.41, 5.74) is 1.01. The number of carbonyl (C=O) groups excluding carboxylic acids is 1. The molecule has 39 heavy (non-hydrogen) atoms. The number of fused-ring (bicyclic) bond motifs is 1. The van der Waals surface area contributed by atoms with Crippen LogP contribution in [0.4, 0.5) is 11.4 Å². The summed E-state index contributed by atoms with van der Waals surface area (Å²) in [5, 5.41) is 11.0. The number of carbonyl (C=O) groups is 1. The molecule has 3 aromatic carbocycles. The fraction of sp³-hybridized carbons (Fsp3) is 0.179. The average Bonchev–Trinajstić information content (AvgIpc) is 3.66. The predicted octanol–water partition coefficient (Wildman–Crippen LogP) is 5.94. The van der Waals surface area contributed by atoms with Crippen molar-refractivity contribution in [3.05, 3.63) is 92.8 Å². The number of hydrogen-bond acceptors (Lipinski definition) is 7. The van der Waals surface area contributed by atoms with Crippen LogP contribution in [0.2, 0.25) is 10.0 Å². The van der Waals surface area contributed by atoms with Gasteiger partial charge in [-0.1, -0.05) is 29.3 Å². The highest BCUT2D eigenvalue weighted by Crippen LogP contribution is 2.38. The molecule has 2 N–H and O–H groups in total. The third kappa shape index (κ3) is 5.50. The molecule has 0 saturated heterocycles. The molecule has 9 nitrogen and oxygen atoms in total. The zero-order valence-electron chi connectivity index (χ0n) is 20.4. The minimum atomic E-state index is -0.504. The molecular formula is C28H22Cl2N4O5. The normalized spacial score (nSPS) is 13.7. The number of ether oxygens (including phenoxy) is 3.